The third kappa shape index (κ3) is 11.4. The number of likely N-dealkylation sites (tertiary alicyclic amines) is 2. The Morgan fingerprint density at radius 3 is 2.57 bits per heavy atom. The van der Waals surface area contributed by atoms with Crippen LogP contribution in [0.3, 0.4) is 0 Å². The van der Waals surface area contributed by atoms with Crippen molar-refractivity contribution in [2.75, 3.05) is 52.9 Å². The van der Waals surface area contributed by atoms with Crippen LogP contribution >= 0.6 is 0 Å². The highest BCUT2D eigenvalue weighted by molar-refractivity contribution is 5.90. The lowest BCUT2D eigenvalue weighted by molar-refractivity contribution is -0.139. The van der Waals surface area contributed by atoms with Gasteiger partial charge in [0.25, 0.3) is 0 Å². The summed E-state index contributed by atoms with van der Waals surface area (Å²) < 4.78 is 5.73. The first kappa shape index (κ1) is 42.9. The summed E-state index contributed by atoms with van der Waals surface area (Å²) >= 11 is 0. The Hall–Kier alpha value is -4.25. The van der Waals surface area contributed by atoms with Gasteiger partial charge in [-0.15, -0.1) is 0 Å². The molecule has 0 bridgehead atoms. The van der Waals surface area contributed by atoms with Crippen molar-refractivity contribution in [3.8, 4) is 0 Å². The standard InChI is InChI=1S/C40H63N9O7/c1-47(39(54)56-29-14-5-6-17-40(55)30(24-29)31(40)26-50)20-10-19-44-35(51)33-15-8-21-48(33)25-28(13-7-18-45-38(42)43)46-36(52)34-16-9-22-49(34)37(53)32(41)23-27-11-3-2-4-12-27/h2-5,11-12,14,28-34,50,55H,6-10,13,15-26,41H2,1H3,(H,44,51)(H,46,52)(H4,42,43,45)/b14-5+/t28-,29?,30?,31?,32+,33-,34-,40+/m0/s1. The van der Waals surface area contributed by atoms with E-state index in [2.05, 4.69) is 20.5 Å². The molecule has 2 saturated heterocycles. The lowest BCUT2D eigenvalue weighted by Crippen LogP contribution is -2.55. The predicted molar refractivity (Wildman–Crippen MR) is 212 cm³/mol. The average molecular weight is 782 g/mol. The number of hydrogen-bond acceptors (Lipinski definition) is 10. The first-order valence-corrected chi connectivity index (χ1v) is 20.3. The van der Waals surface area contributed by atoms with Crippen LogP contribution < -0.4 is 27.8 Å². The highest BCUT2D eigenvalue weighted by Gasteiger charge is 2.63. The maximum atomic E-state index is 13.8. The fourth-order valence-electron chi connectivity index (χ4n) is 8.70. The molecule has 2 aliphatic heterocycles. The Balaban J connectivity index is 1.09. The second-order valence-electron chi connectivity index (χ2n) is 15.9. The van der Waals surface area contributed by atoms with Crippen LogP contribution in [0.2, 0.25) is 0 Å². The molecule has 8 atom stereocenters. The lowest BCUT2D eigenvalue weighted by Gasteiger charge is -2.31. The summed E-state index contributed by atoms with van der Waals surface area (Å²) in [6.45, 7) is 2.66. The number of amides is 4. The van der Waals surface area contributed by atoms with Gasteiger partial charge >= 0.3 is 6.09 Å². The molecule has 56 heavy (non-hydrogen) atoms. The Morgan fingerprint density at radius 1 is 1.07 bits per heavy atom. The third-order valence-corrected chi connectivity index (χ3v) is 11.9. The van der Waals surface area contributed by atoms with E-state index in [1.54, 1.807) is 11.9 Å². The van der Waals surface area contributed by atoms with Crippen LogP contribution in [-0.2, 0) is 25.5 Å². The van der Waals surface area contributed by atoms with Crippen molar-refractivity contribution in [2.45, 2.75) is 107 Å². The van der Waals surface area contributed by atoms with Gasteiger partial charge in [-0.3, -0.25) is 24.3 Å². The van der Waals surface area contributed by atoms with Crippen LogP contribution in [0.4, 0.5) is 4.79 Å². The van der Waals surface area contributed by atoms with Crippen molar-refractivity contribution in [1.82, 2.24) is 25.3 Å². The summed E-state index contributed by atoms with van der Waals surface area (Å²) in [4.78, 5) is 62.8. The van der Waals surface area contributed by atoms with Gasteiger partial charge in [0.2, 0.25) is 17.7 Å². The topological polar surface area (TPSA) is 242 Å². The zero-order valence-corrected chi connectivity index (χ0v) is 32.8. The number of aliphatic imine (C=N–C) groups is 1. The minimum atomic E-state index is -0.885. The molecule has 2 aliphatic carbocycles. The van der Waals surface area contributed by atoms with Crippen LogP contribution in [0.25, 0.3) is 0 Å². The SMILES string of the molecule is CN(CCCNC(=O)[C@@H]1CCCN1C[C@H](CCCN=C(N)N)NC(=O)[C@@H]1CCCN1C(=O)[C@H](N)Cc1ccccc1)C(=O)OC1/C=C/CC[C@]2(O)C(CO)C2C1. The van der Waals surface area contributed by atoms with Gasteiger partial charge < -0.3 is 52.6 Å². The number of benzene rings is 1. The Morgan fingerprint density at radius 2 is 1.82 bits per heavy atom. The molecule has 16 nitrogen and oxygen atoms in total. The van der Waals surface area contributed by atoms with Crippen molar-refractivity contribution >= 4 is 29.8 Å². The molecule has 4 amide bonds. The smallest absolute Gasteiger partial charge is 0.410 e. The highest BCUT2D eigenvalue weighted by atomic mass is 16.6. The minimum absolute atomic E-state index is 0.00205. The van der Waals surface area contributed by atoms with Gasteiger partial charge in [-0.1, -0.05) is 36.4 Å². The van der Waals surface area contributed by atoms with Crippen LogP contribution in [0.5, 0.6) is 0 Å². The van der Waals surface area contributed by atoms with Gasteiger partial charge in [-0.05, 0) is 94.7 Å². The molecule has 0 radical (unpaired) electrons. The van der Waals surface area contributed by atoms with Gasteiger partial charge in [0.1, 0.15) is 12.1 Å². The van der Waals surface area contributed by atoms with E-state index >= 15 is 0 Å². The summed E-state index contributed by atoms with van der Waals surface area (Å²) in [5, 5.41) is 26.7. The number of guanidine groups is 1. The van der Waals surface area contributed by atoms with Gasteiger partial charge in [0, 0.05) is 58.3 Å². The first-order valence-electron chi connectivity index (χ1n) is 20.3. The third-order valence-electron chi connectivity index (χ3n) is 11.9. The molecular formula is C40H63N9O7. The van der Waals surface area contributed by atoms with E-state index in [9.17, 15) is 29.4 Å². The van der Waals surface area contributed by atoms with E-state index in [0.29, 0.717) is 103 Å². The number of carbonyl (C=O) groups is 4. The summed E-state index contributed by atoms with van der Waals surface area (Å²) in [6.07, 6.45) is 9.40. The predicted octanol–water partition coefficient (Wildman–Crippen LogP) is 0.203. The molecule has 5 rings (SSSR count). The number of allylic oxidation sites excluding steroid dienone is 1. The van der Waals surface area contributed by atoms with Crippen LogP contribution in [-0.4, -0.2) is 143 Å². The molecule has 3 fully saturated rings. The number of carbonyl (C=O) groups excluding carboxylic acids is 4. The molecule has 1 saturated carbocycles. The van der Waals surface area contributed by atoms with Gasteiger partial charge in [-0.2, -0.15) is 0 Å². The number of aliphatic hydroxyl groups excluding tert-OH is 1. The molecular weight excluding hydrogens is 718 g/mol. The highest BCUT2D eigenvalue weighted by Crippen LogP contribution is 2.56. The molecule has 0 aromatic heterocycles. The van der Waals surface area contributed by atoms with E-state index in [4.69, 9.17) is 21.9 Å². The van der Waals surface area contributed by atoms with E-state index in [0.717, 1.165) is 12.0 Å². The Kier molecular flexibility index (Phi) is 15.5. The van der Waals surface area contributed by atoms with Crippen LogP contribution in [0.1, 0.15) is 69.8 Å². The van der Waals surface area contributed by atoms with E-state index in [1.807, 2.05) is 42.5 Å². The van der Waals surface area contributed by atoms with Gasteiger partial charge in [-0.25, -0.2) is 4.79 Å². The number of hydrogen-bond donors (Lipinski definition) is 7. The van der Waals surface area contributed by atoms with Gasteiger partial charge in [0.15, 0.2) is 5.96 Å². The van der Waals surface area contributed by atoms with Gasteiger partial charge in [0.05, 0.1) is 17.7 Å². The summed E-state index contributed by atoms with van der Waals surface area (Å²) in [5.74, 6) is -0.851. The average Bonchev–Trinajstić information content (AvgIpc) is 3.58. The number of aliphatic hydroxyl groups is 2. The van der Waals surface area contributed by atoms with Crippen molar-refractivity contribution in [2.24, 2.45) is 34.0 Å². The molecule has 4 aliphatic rings. The fourth-order valence-corrected chi connectivity index (χ4v) is 8.70. The molecule has 0 spiro atoms. The Bertz CT molecular complexity index is 1540. The quantitative estimate of drug-likeness (QED) is 0.0460. The second-order valence-corrected chi connectivity index (χ2v) is 15.9. The molecule has 1 aromatic carbocycles. The molecule has 310 valence electrons. The van der Waals surface area contributed by atoms with E-state index < -0.39 is 29.9 Å². The number of fused-ring (bicyclic) bond motifs is 1. The molecule has 3 unspecified atom stereocenters. The van der Waals surface area contributed by atoms with Crippen LogP contribution in [0.15, 0.2) is 47.5 Å². The lowest BCUT2D eigenvalue weighted by atomic mass is 10.0. The molecule has 2 heterocycles. The fraction of sp³-hybridized carbons (Fsp3) is 0.675. The normalized spacial score (nSPS) is 27.5. The number of nitrogens with two attached hydrogens (primary N) is 3. The second kappa shape index (κ2) is 20.3. The van der Waals surface area contributed by atoms with E-state index in [1.165, 1.54) is 4.90 Å². The summed E-state index contributed by atoms with van der Waals surface area (Å²) in [7, 11) is 1.65. The van der Waals surface area contributed by atoms with Crippen LogP contribution in [0, 0.1) is 11.8 Å². The number of nitrogens with one attached hydrogen (secondary N) is 2. The summed E-state index contributed by atoms with van der Waals surface area (Å²) in [5.41, 5.74) is 17.5. The largest absolute Gasteiger partial charge is 0.442 e. The summed E-state index contributed by atoms with van der Waals surface area (Å²) in [6, 6.07) is 7.53. The van der Waals surface area contributed by atoms with Crippen molar-refractivity contribution in [3.05, 3.63) is 48.0 Å². The zero-order chi connectivity index (χ0) is 40.2. The first-order chi connectivity index (χ1) is 26.9. The monoisotopic (exact) mass is 781 g/mol. The zero-order valence-electron chi connectivity index (χ0n) is 32.8. The molecule has 10 N–H and O–H groups in total. The maximum absolute atomic E-state index is 13.8. The number of rotatable bonds is 18. The maximum Gasteiger partial charge on any atom is 0.410 e. The molecule has 16 heteroatoms. The van der Waals surface area contributed by atoms with Crippen molar-refractivity contribution < 1.29 is 34.1 Å². The number of ether oxygens (including phenoxy) is 1. The van der Waals surface area contributed by atoms with Crippen molar-refractivity contribution in [1.29, 1.82) is 0 Å². The molecule has 1 aromatic rings. The van der Waals surface area contributed by atoms with E-state index in [-0.39, 0.29) is 54.2 Å². The van der Waals surface area contributed by atoms with Crippen molar-refractivity contribution in [3.63, 3.8) is 0 Å². The Labute approximate surface area is 330 Å². The minimum Gasteiger partial charge on any atom is -0.442 e. The number of nitrogens with zero attached hydrogens (tertiary/aromatic N) is 4.